The number of carbonyl (C=O) groups is 1. The van der Waals surface area contributed by atoms with Gasteiger partial charge in [0.25, 0.3) is 0 Å². The van der Waals surface area contributed by atoms with E-state index in [4.69, 9.17) is 16.7 Å². The molecule has 1 aromatic heterocycles. The fourth-order valence-electron chi connectivity index (χ4n) is 1.06. The van der Waals surface area contributed by atoms with Crippen molar-refractivity contribution in [3.63, 3.8) is 0 Å². The average molecular weight is 277 g/mol. The van der Waals surface area contributed by atoms with Crippen molar-refractivity contribution in [2.24, 2.45) is 0 Å². The number of nitrogens with one attached hydrogen (secondary N) is 1. The first-order valence-electron chi connectivity index (χ1n) is 4.87. The predicted molar refractivity (Wildman–Crippen MR) is 68.2 cm³/mol. The van der Waals surface area contributed by atoms with Gasteiger partial charge in [-0.2, -0.15) is 0 Å². The van der Waals surface area contributed by atoms with Gasteiger partial charge in [-0.3, -0.25) is 4.21 Å². The Bertz CT molecular complexity index is 453. The fraction of sp³-hybridized carbons (Fsp3) is 0.400. The van der Waals surface area contributed by atoms with Crippen LogP contribution in [0.1, 0.15) is 17.4 Å². The summed E-state index contributed by atoms with van der Waals surface area (Å²) in [5, 5.41) is 11.8. The van der Waals surface area contributed by atoms with E-state index in [1.54, 1.807) is 12.3 Å². The maximum atomic E-state index is 11.1. The van der Waals surface area contributed by atoms with Crippen molar-refractivity contribution in [1.29, 1.82) is 0 Å². The number of halogens is 1. The van der Waals surface area contributed by atoms with Gasteiger partial charge in [0.2, 0.25) is 0 Å². The van der Waals surface area contributed by atoms with E-state index in [2.05, 4.69) is 10.3 Å². The Kier molecular flexibility index (Phi) is 4.89. The first-order valence-corrected chi connectivity index (χ1v) is 6.87. The molecule has 0 aliphatic rings. The highest BCUT2D eigenvalue weighted by atomic mass is 35.5. The number of rotatable bonds is 5. The summed E-state index contributed by atoms with van der Waals surface area (Å²) in [4.78, 5) is 14.7. The summed E-state index contributed by atoms with van der Waals surface area (Å²) in [7, 11) is -0.935. The third-order valence-electron chi connectivity index (χ3n) is 2.19. The normalized spacial score (nSPS) is 14.1. The lowest BCUT2D eigenvalue weighted by Crippen LogP contribution is -2.21. The van der Waals surface area contributed by atoms with Crippen molar-refractivity contribution in [1.82, 2.24) is 4.98 Å². The maximum absolute atomic E-state index is 11.1. The second-order valence-corrected chi connectivity index (χ2v) is 5.73. The molecule has 1 aromatic rings. The molecule has 2 unspecified atom stereocenters. The zero-order valence-corrected chi connectivity index (χ0v) is 11.0. The molecule has 2 N–H and O–H groups in total. The summed E-state index contributed by atoms with van der Waals surface area (Å²) in [5.41, 5.74) is -0.193. The van der Waals surface area contributed by atoms with E-state index in [-0.39, 0.29) is 16.0 Å². The highest BCUT2D eigenvalue weighted by molar-refractivity contribution is 7.84. The van der Waals surface area contributed by atoms with Gasteiger partial charge in [0.05, 0.1) is 5.02 Å². The molecule has 94 valence electrons. The van der Waals surface area contributed by atoms with Crippen LogP contribution in [0.5, 0.6) is 0 Å². The number of hydrogen-bond acceptors (Lipinski definition) is 4. The average Bonchev–Trinajstić information content (AvgIpc) is 2.26. The molecule has 17 heavy (non-hydrogen) atoms. The fourth-order valence-corrected chi connectivity index (χ4v) is 1.56. The molecule has 0 fully saturated rings. The molecule has 0 aliphatic carbocycles. The van der Waals surface area contributed by atoms with E-state index >= 15 is 0 Å². The predicted octanol–water partition coefficient (Wildman–Crippen LogP) is 1.61. The number of aromatic carboxylic acids is 1. The Balaban J connectivity index is 2.76. The second kappa shape index (κ2) is 5.97. The van der Waals surface area contributed by atoms with Crippen molar-refractivity contribution in [2.45, 2.75) is 12.2 Å². The van der Waals surface area contributed by atoms with Crippen LogP contribution in [-0.2, 0) is 10.8 Å². The molecule has 7 heteroatoms. The van der Waals surface area contributed by atoms with Gasteiger partial charge in [0.15, 0.2) is 5.69 Å². The van der Waals surface area contributed by atoms with Crippen LogP contribution >= 0.6 is 11.6 Å². The number of carboxylic acid groups (broad SMARTS) is 1. The Morgan fingerprint density at radius 3 is 2.82 bits per heavy atom. The number of aromatic nitrogens is 1. The van der Waals surface area contributed by atoms with Gasteiger partial charge in [0, 0.05) is 28.9 Å². The summed E-state index contributed by atoms with van der Waals surface area (Å²) in [6.07, 6.45) is 1.62. The number of pyridine rings is 1. The van der Waals surface area contributed by atoms with Gasteiger partial charge in [-0.25, -0.2) is 9.78 Å². The second-order valence-electron chi connectivity index (χ2n) is 3.52. The van der Waals surface area contributed by atoms with Crippen LogP contribution in [0.2, 0.25) is 5.02 Å². The van der Waals surface area contributed by atoms with Crippen LogP contribution in [0, 0.1) is 0 Å². The largest absolute Gasteiger partial charge is 0.476 e. The van der Waals surface area contributed by atoms with Crippen LogP contribution in [-0.4, -0.2) is 38.3 Å². The lowest BCUT2D eigenvalue weighted by Gasteiger charge is -2.11. The zero-order valence-electron chi connectivity index (χ0n) is 9.44. The van der Waals surface area contributed by atoms with Crippen LogP contribution in [0.3, 0.4) is 0 Å². The lowest BCUT2D eigenvalue weighted by atomic mass is 10.3. The molecule has 0 saturated heterocycles. The summed E-state index contributed by atoms with van der Waals surface area (Å²) in [6.45, 7) is 2.29. The van der Waals surface area contributed by atoms with Gasteiger partial charge in [-0.1, -0.05) is 11.6 Å². The maximum Gasteiger partial charge on any atom is 0.356 e. The van der Waals surface area contributed by atoms with E-state index in [0.717, 1.165) is 0 Å². The molecule has 0 amide bonds. The Morgan fingerprint density at radius 2 is 2.29 bits per heavy atom. The lowest BCUT2D eigenvalue weighted by molar-refractivity contribution is 0.0691. The minimum Gasteiger partial charge on any atom is -0.476 e. The molecule has 0 bridgehead atoms. The summed E-state index contributed by atoms with van der Waals surface area (Å²) >= 11 is 5.68. The van der Waals surface area contributed by atoms with E-state index in [1.807, 2.05) is 6.92 Å². The molecule has 0 aromatic carbocycles. The molecule has 5 nitrogen and oxygen atoms in total. The summed E-state index contributed by atoms with van der Waals surface area (Å²) < 4.78 is 11.1. The quantitative estimate of drug-likeness (QED) is 0.854. The first kappa shape index (κ1) is 13.9. The third kappa shape index (κ3) is 3.98. The number of hydrogen-bond donors (Lipinski definition) is 2. The molecular weight excluding hydrogens is 264 g/mol. The first-order chi connectivity index (χ1) is 7.91. The van der Waals surface area contributed by atoms with Gasteiger partial charge >= 0.3 is 5.97 Å². The molecular formula is C10H13ClN2O3S. The molecule has 0 aliphatic heterocycles. The smallest absolute Gasteiger partial charge is 0.356 e. The highest BCUT2D eigenvalue weighted by Gasteiger charge is 2.12. The molecule has 2 atom stereocenters. The number of anilines is 1. The summed E-state index contributed by atoms with van der Waals surface area (Å²) in [5.74, 6) is -0.769. The topological polar surface area (TPSA) is 79.3 Å². The van der Waals surface area contributed by atoms with Gasteiger partial charge in [-0.05, 0) is 19.1 Å². The van der Waals surface area contributed by atoms with E-state index in [1.165, 1.54) is 6.07 Å². The zero-order chi connectivity index (χ0) is 13.0. The molecule has 1 heterocycles. The van der Waals surface area contributed by atoms with Crippen LogP contribution in [0.25, 0.3) is 0 Å². The molecule has 0 radical (unpaired) electrons. The van der Waals surface area contributed by atoms with Crippen LogP contribution in [0.15, 0.2) is 12.1 Å². The molecule has 0 spiro atoms. The Hall–Kier alpha value is -1.14. The van der Waals surface area contributed by atoms with Crippen LogP contribution < -0.4 is 5.32 Å². The standard InChI is InChI=1S/C10H13ClN2O3S/c1-6(17(2)16)5-12-8-4-3-7(11)9(13-8)10(14)15/h3-4,6H,5H2,1-2H3,(H,12,13)(H,14,15). The van der Waals surface area contributed by atoms with Crippen LogP contribution in [0.4, 0.5) is 5.82 Å². The Morgan fingerprint density at radius 1 is 1.65 bits per heavy atom. The van der Waals surface area contributed by atoms with Crippen molar-refractivity contribution in [2.75, 3.05) is 18.1 Å². The van der Waals surface area contributed by atoms with Gasteiger partial charge in [-0.15, -0.1) is 0 Å². The highest BCUT2D eigenvalue weighted by Crippen LogP contribution is 2.16. The third-order valence-corrected chi connectivity index (χ3v) is 3.79. The van der Waals surface area contributed by atoms with Crippen molar-refractivity contribution in [3.05, 3.63) is 22.8 Å². The Labute approximate surface area is 107 Å². The van der Waals surface area contributed by atoms with Crippen molar-refractivity contribution in [3.8, 4) is 0 Å². The number of carboxylic acids is 1. The molecule has 1 rings (SSSR count). The minimum atomic E-state index is -1.18. The van der Waals surface area contributed by atoms with E-state index in [0.29, 0.717) is 12.4 Å². The number of nitrogens with zero attached hydrogens (tertiary/aromatic N) is 1. The molecule has 0 saturated carbocycles. The van der Waals surface area contributed by atoms with E-state index in [9.17, 15) is 9.00 Å². The van der Waals surface area contributed by atoms with Crippen molar-refractivity contribution >= 4 is 34.2 Å². The van der Waals surface area contributed by atoms with Gasteiger partial charge in [0.1, 0.15) is 5.82 Å². The van der Waals surface area contributed by atoms with E-state index < -0.39 is 16.8 Å². The minimum absolute atomic E-state index is 0.0410. The SMILES string of the molecule is CC(CNc1ccc(Cl)c(C(=O)O)n1)S(C)=O. The monoisotopic (exact) mass is 276 g/mol. The van der Waals surface area contributed by atoms with Gasteiger partial charge < -0.3 is 10.4 Å². The summed E-state index contributed by atoms with van der Waals surface area (Å²) in [6, 6.07) is 3.05. The van der Waals surface area contributed by atoms with Crippen molar-refractivity contribution < 1.29 is 14.1 Å².